The maximum atomic E-state index is 14.8. The van der Waals surface area contributed by atoms with Gasteiger partial charge >= 0.3 is 5.97 Å². The first-order chi connectivity index (χ1) is 23.3. The molecule has 6 rings (SSSR count). The molecule has 4 heterocycles. The molecular formula is C38H45N3O7. The fraction of sp³-hybridized carbons (Fsp3) is 0.474. The summed E-state index contributed by atoms with van der Waals surface area (Å²) < 4.78 is 12.8. The molecular weight excluding hydrogens is 610 g/mol. The number of benzene rings is 2. The Balaban J connectivity index is 1.38. The van der Waals surface area contributed by atoms with E-state index in [0.717, 1.165) is 24.0 Å². The quantitative estimate of drug-likeness (QED) is 0.239. The first kappa shape index (κ1) is 33.6. The molecule has 0 unspecified atom stereocenters. The van der Waals surface area contributed by atoms with Crippen molar-refractivity contribution in [3.8, 4) is 0 Å². The molecule has 1 spiro atoms. The average Bonchev–Trinajstić information content (AvgIpc) is 3.73. The molecule has 0 saturated carbocycles. The van der Waals surface area contributed by atoms with Crippen LogP contribution in [0.1, 0.15) is 62.7 Å². The van der Waals surface area contributed by atoms with Crippen molar-refractivity contribution in [2.75, 3.05) is 19.7 Å². The smallest absolute Gasteiger partial charge is 0.313 e. The summed E-state index contributed by atoms with van der Waals surface area (Å²) in [5, 5.41) is 12.3. The minimum atomic E-state index is -1.32. The van der Waals surface area contributed by atoms with E-state index in [2.05, 4.69) is 5.32 Å². The minimum Gasteiger partial charge on any atom is -0.455 e. The molecule has 4 aliphatic heterocycles. The van der Waals surface area contributed by atoms with Gasteiger partial charge in [-0.3, -0.25) is 19.2 Å². The number of nitrogens with one attached hydrogen (secondary N) is 1. The van der Waals surface area contributed by atoms with E-state index in [1.165, 1.54) is 0 Å². The fourth-order valence-electron chi connectivity index (χ4n) is 7.66. The number of rotatable bonds is 9. The second-order valence-corrected chi connectivity index (χ2v) is 13.2. The second-order valence-electron chi connectivity index (χ2n) is 13.2. The lowest BCUT2D eigenvalue weighted by Crippen LogP contribution is -2.55. The van der Waals surface area contributed by atoms with Crippen LogP contribution >= 0.6 is 0 Å². The van der Waals surface area contributed by atoms with Gasteiger partial charge < -0.3 is 29.7 Å². The highest BCUT2D eigenvalue weighted by Crippen LogP contribution is 2.56. The Morgan fingerprint density at radius 3 is 2.40 bits per heavy atom. The van der Waals surface area contributed by atoms with E-state index < -0.39 is 47.7 Å². The molecule has 254 valence electrons. The van der Waals surface area contributed by atoms with Gasteiger partial charge in [0.05, 0.1) is 18.1 Å². The summed E-state index contributed by atoms with van der Waals surface area (Å²) in [5.74, 6) is -3.21. The average molecular weight is 656 g/mol. The number of hydrogen-bond donors (Lipinski definition) is 2. The number of carbonyl (C=O) groups excluding carboxylic acids is 4. The van der Waals surface area contributed by atoms with Crippen LogP contribution < -0.4 is 5.32 Å². The molecule has 2 aromatic carbocycles. The summed E-state index contributed by atoms with van der Waals surface area (Å²) in [6.45, 7) is 2.83. The Kier molecular flexibility index (Phi) is 10.4. The summed E-state index contributed by atoms with van der Waals surface area (Å²) in [4.78, 5) is 59.8. The van der Waals surface area contributed by atoms with Crippen LogP contribution in [0.25, 0.3) is 0 Å². The van der Waals surface area contributed by atoms with Crippen LogP contribution in [0.2, 0.25) is 0 Å². The van der Waals surface area contributed by atoms with Crippen LogP contribution in [0.5, 0.6) is 0 Å². The van der Waals surface area contributed by atoms with E-state index in [0.29, 0.717) is 32.4 Å². The van der Waals surface area contributed by atoms with E-state index in [4.69, 9.17) is 9.47 Å². The molecule has 2 saturated heterocycles. The molecule has 0 aliphatic carbocycles. The van der Waals surface area contributed by atoms with Gasteiger partial charge in [0.25, 0.3) is 0 Å². The topological polar surface area (TPSA) is 125 Å². The maximum Gasteiger partial charge on any atom is 0.313 e. The standard InChI is InChI=1S/C38H45N3O7/c1-26-33(28-17-9-5-10-18-28)47-37(46)31-29-20-21-38(48-29)32(31)35(44)41(23-13-2-3-14-24-42)34(38)36(45)40(25-27-15-7-4-8-16-27)22-12-6-11-19-30(43)39-26/h4-10,12,15-18,20-21,26,29,31-34,42H,2-3,11,13-14,19,22-25H2,1H3,(H,39,43)/b12-6-/t26-,29+,31-,32-,33+,34+,38-/m1/s1. The van der Waals surface area contributed by atoms with Crippen LogP contribution in [0, 0.1) is 11.8 Å². The van der Waals surface area contributed by atoms with Gasteiger partial charge in [-0.25, -0.2) is 0 Å². The molecule has 7 atom stereocenters. The summed E-state index contributed by atoms with van der Waals surface area (Å²) in [6.07, 6.45) is 9.48. The number of likely N-dealkylation sites (tertiary alicyclic amines) is 1. The Morgan fingerprint density at radius 1 is 0.917 bits per heavy atom. The molecule has 2 N–H and O–H groups in total. The second kappa shape index (κ2) is 14.9. The number of carbonyl (C=O) groups is 4. The number of aliphatic hydroxyl groups is 1. The maximum absolute atomic E-state index is 14.8. The number of amides is 3. The van der Waals surface area contributed by atoms with Crippen LogP contribution in [-0.4, -0.2) is 82.1 Å². The van der Waals surface area contributed by atoms with Gasteiger partial charge in [0.2, 0.25) is 17.7 Å². The Labute approximate surface area is 281 Å². The molecule has 5 bridgehead atoms. The Hall–Kier alpha value is -4.28. The number of unbranched alkanes of at least 4 members (excludes halogenated alkanes) is 3. The van der Waals surface area contributed by atoms with Crippen LogP contribution in [-0.2, 0) is 35.2 Å². The summed E-state index contributed by atoms with van der Waals surface area (Å²) in [6, 6.07) is 17.4. The molecule has 3 amide bonds. The molecule has 0 radical (unpaired) electrons. The third-order valence-electron chi connectivity index (χ3n) is 9.96. The zero-order valence-electron chi connectivity index (χ0n) is 27.4. The van der Waals surface area contributed by atoms with E-state index in [-0.39, 0.29) is 37.3 Å². The van der Waals surface area contributed by atoms with Crippen molar-refractivity contribution in [1.29, 1.82) is 0 Å². The highest BCUT2D eigenvalue weighted by Gasteiger charge is 2.73. The van der Waals surface area contributed by atoms with Gasteiger partial charge in [-0.2, -0.15) is 0 Å². The lowest BCUT2D eigenvalue weighted by atomic mass is 9.74. The molecule has 0 aromatic heterocycles. The first-order valence-electron chi connectivity index (χ1n) is 17.1. The summed E-state index contributed by atoms with van der Waals surface area (Å²) in [5.41, 5.74) is 0.341. The monoisotopic (exact) mass is 655 g/mol. The van der Waals surface area contributed by atoms with Crippen LogP contribution in [0.15, 0.2) is 85.0 Å². The molecule has 48 heavy (non-hydrogen) atoms. The van der Waals surface area contributed by atoms with Gasteiger partial charge in [-0.15, -0.1) is 0 Å². The van der Waals surface area contributed by atoms with Crippen molar-refractivity contribution >= 4 is 23.7 Å². The van der Waals surface area contributed by atoms with E-state index in [9.17, 15) is 24.3 Å². The van der Waals surface area contributed by atoms with Crippen LogP contribution in [0.4, 0.5) is 0 Å². The first-order valence-corrected chi connectivity index (χ1v) is 17.1. The van der Waals surface area contributed by atoms with Gasteiger partial charge in [-0.1, -0.05) is 97.8 Å². The third-order valence-corrected chi connectivity index (χ3v) is 9.96. The van der Waals surface area contributed by atoms with Gasteiger partial charge in [0.1, 0.15) is 23.7 Å². The highest BCUT2D eigenvalue weighted by atomic mass is 16.6. The molecule has 2 fully saturated rings. The number of cyclic esters (lactones) is 1. The molecule has 2 aromatic rings. The number of esters is 1. The molecule has 10 nitrogen and oxygen atoms in total. The van der Waals surface area contributed by atoms with E-state index in [1.54, 1.807) is 22.8 Å². The summed E-state index contributed by atoms with van der Waals surface area (Å²) >= 11 is 0. The lowest BCUT2D eigenvalue weighted by Gasteiger charge is -2.36. The highest BCUT2D eigenvalue weighted by molar-refractivity contribution is 5.99. The van der Waals surface area contributed by atoms with Crippen molar-refractivity contribution in [1.82, 2.24) is 15.1 Å². The predicted molar refractivity (Wildman–Crippen MR) is 178 cm³/mol. The minimum absolute atomic E-state index is 0.104. The SMILES string of the molecule is C[C@H]1NC(=O)CC/C=C\CN(Cc2ccccc2)C(=O)[C@@H]2N(CCCCCCO)C(=O)[C@H]3[C@H](C(=O)O[C@@H]1c1ccccc1)[C@@H]1C=C[C@]23O1. The molecule has 4 aliphatic rings. The van der Waals surface area contributed by atoms with E-state index >= 15 is 0 Å². The van der Waals surface area contributed by atoms with Crippen molar-refractivity contribution in [3.63, 3.8) is 0 Å². The predicted octanol–water partition coefficient (Wildman–Crippen LogP) is 3.86. The number of hydrogen-bond acceptors (Lipinski definition) is 7. The van der Waals surface area contributed by atoms with Crippen molar-refractivity contribution in [2.45, 2.75) is 81.9 Å². The van der Waals surface area contributed by atoms with Gasteiger partial charge in [0, 0.05) is 32.7 Å². The number of fused-ring (bicyclic) bond motifs is 2. The zero-order valence-corrected chi connectivity index (χ0v) is 27.4. The van der Waals surface area contributed by atoms with Crippen LogP contribution in [0.3, 0.4) is 0 Å². The normalized spacial score (nSPS) is 31.1. The Bertz CT molecular complexity index is 1530. The largest absolute Gasteiger partial charge is 0.455 e. The number of aliphatic hydroxyl groups excluding tert-OH is 1. The van der Waals surface area contributed by atoms with Crippen molar-refractivity contribution in [2.24, 2.45) is 11.8 Å². The Morgan fingerprint density at radius 2 is 1.65 bits per heavy atom. The molecule has 10 heteroatoms. The summed E-state index contributed by atoms with van der Waals surface area (Å²) in [7, 11) is 0. The van der Waals surface area contributed by atoms with Gasteiger partial charge in [-0.05, 0) is 37.3 Å². The van der Waals surface area contributed by atoms with Crippen molar-refractivity contribution < 1.29 is 33.8 Å². The zero-order chi connectivity index (χ0) is 33.7. The van der Waals surface area contributed by atoms with Gasteiger partial charge in [0.15, 0.2) is 0 Å². The van der Waals surface area contributed by atoms with E-state index in [1.807, 2.05) is 78.9 Å². The number of nitrogens with zero attached hydrogens (tertiary/aromatic N) is 2. The lowest BCUT2D eigenvalue weighted by molar-refractivity contribution is -0.161. The number of ether oxygens (including phenoxy) is 2. The number of allylic oxidation sites excluding steroid dienone is 1. The third kappa shape index (κ3) is 6.69. The fourth-order valence-corrected chi connectivity index (χ4v) is 7.66. The van der Waals surface area contributed by atoms with Crippen molar-refractivity contribution in [3.05, 3.63) is 96.1 Å².